The van der Waals surface area contributed by atoms with Crippen molar-refractivity contribution in [2.24, 2.45) is 0 Å². The lowest BCUT2D eigenvalue weighted by atomic mass is 10.2. The Morgan fingerprint density at radius 3 is 1.57 bits per heavy atom. The molecule has 0 radical (unpaired) electrons. The Labute approximate surface area is 153 Å². The maximum atomic E-state index is 12.2. The Hall–Kier alpha value is -0.580. The van der Waals surface area contributed by atoms with Gasteiger partial charge in [-0.2, -0.15) is 37.9 Å². The molecule has 0 aliphatic heterocycles. The van der Waals surface area contributed by atoms with Gasteiger partial charge in [0.2, 0.25) is 17.7 Å². The number of carbonyl (C=O) groups excluding carboxylic acids is 3. The zero-order chi connectivity index (χ0) is 17.8. The first kappa shape index (κ1) is 22.4. The molecule has 0 aromatic rings. The predicted molar refractivity (Wildman–Crippen MR) is 102 cm³/mol. The van der Waals surface area contributed by atoms with Crippen LogP contribution in [0.15, 0.2) is 0 Å². The lowest BCUT2D eigenvalue weighted by Gasteiger charge is -2.23. The summed E-state index contributed by atoms with van der Waals surface area (Å²) < 4.78 is 0. The van der Waals surface area contributed by atoms with Crippen molar-refractivity contribution in [1.82, 2.24) is 21.3 Å². The van der Waals surface area contributed by atoms with Crippen LogP contribution in [0.25, 0.3) is 0 Å². The van der Waals surface area contributed by atoms with Gasteiger partial charge in [0.05, 0.1) is 6.04 Å². The van der Waals surface area contributed by atoms with Crippen LogP contribution in [0.1, 0.15) is 13.8 Å². The van der Waals surface area contributed by atoms with E-state index in [-0.39, 0.29) is 23.3 Å². The molecule has 0 unspecified atom stereocenters. The number of hydrogen-bond donors (Lipinski definition) is 7. The molecule has 23 heavy (non-hydrogen) atoms. The summed E-state index contributed by atoms with van der Waals surface area (Å²) in [4.78, 5) is 36.1. The highest BCUT2D eigenvalue weighted by atomic mass is 32.1. The van der Waals surface area contributed by atoms with Crippen LogP contribution >= 0.6 is 37.9 Å². The van der Waals surface area contributed by atoms with Crippen LogP contribution in [-0.2, 0) is 14.4 Å². The second-order valence-electron chi connectivity index (χ2n) is 4.67. The van der Waals surface area contributed by atoms with Gasteiger partial charge < -0.3 is 21.3 Å². The van der Waals surface area contributed by atoms with E-state index in [1.807, 2.05) is 6.92 Å². The fourth-order valence-corrected chi connectivity index (χ4v) is 2.53. The monoisotopic (exact) mass is 382 g/mol. The van der Waals surface area contributed by atoms with Gasteiger partial charge in [-0.05, 0) is 13.5 Å². The number of rotatable bonds is 11. The number of thiol groups is 3. The first-order chi connectivity index (χ1) is 10.9. The third kappa shape index (κ3) is 8.18. The zero-order valence-electron chi connectivity index (χ0n) is 13.3. The van der Waals surface area contributed by atoms with E-state index in [0.717, 1.165) is 0 Å². The average molecular weight is 383 g/mol. The molecule has 0 fully saturated rings. The predicted octanol–water partition coefficient (Wildman–Crippen LogP) is -1.14. The maximum Gasteiger partial charge on any atom is 0.244 e. The van der Waals surface area contributed by atoms with E-state index in [2.05, 4.69) is 59.2 Å². The van der Waals surface area contributed by atoms with Gasteiger partial charge in [0.1, 0.15) is 12.1 Å². The second kappa shape index (κ2) is 12.8. The van der Waals surface area contributed by atoms with Crippen LogP contribution in [0.3, 0.4) is 0 Å². The highest BCUT2D eigenvalue weighted by Crippen LogP contribution is 1.96. The molecule has 0 saturated carbocycles. The van der Waals surface area contributed by atoms with Crippen molar-refractivity contribution in [2.45, 2.75) is 32.0 Å². The normalized spacial score (nSPS) is 14.5. The molecule has 0 aromatic heterocycles. The molecular weight excluding hydrogens is 356 g/mol. The summed E-state index contributed by atoms with van der Waals surface area (Å²) in [6.07, 6.45) is 0. The molecule has 0 bridgehead atoms. The summed E-state index contributed by atoms with van der Waals surface area (Å²) in [7, 11) is 0. The van der Waals surface area contributed by atoms with Crippen molar-refractivity contribution < 1.29 is 14.4 Å². The minimum Gasteiger partial charge on any atom is -0.355 e. The Morgan fingerprint density at radius 2 is 1.17 bits per heavy atom. The van der Waals surface area contributed by atoms with Crippen molar-refractivity contribution in [2.75, 3.05) is 30.3 Å². The first-order valence-electron chi connectivity index (χ1n) is 7.39. The van der Waals surface area contributed by atoms with E-state index in [1.54, 1.807) is 6.92 Å². The molecule has 0 spiro atoms. The SMILES string of the molecule is CCNC(=O)[C@@H](CS)NC(=O)[C@@H](CS)NC(=O)[C@@H](CS)NCC. The Bertz CT molecular complexity index is 399. The molecule has 3 amide bonds. The van der Waals surface area contributed by atoms with Crippen LogP contribution in [-0.4, -0.2) is 66.2 Å². The van der Waals surface area contributed by atoms with Crippen molar-refractivity contribution in [1.29, 1.82) is 0 Å². The van der Waals surface area contributed by atoms with E-state index >= 15 is 0 Å². The van der Waals surface area contributed by atoms with E-state index in [4.69, 9.17) is 0 Å². The Balaban J connectivity index is 4.72. The quantitative estimate of drug-likeness (QED) is 0.230. The molecule has 0 saturated heterocycles. The second-order valence-corrected chi connectivity index (χ2v) is 5.77. The molecule has 0 heterocycles. The van der Waals surface area contributed by atoms with Crippen LogP contribution in [0.4, 0.5) is 0 Å². The fourth-order valence-electron chi connectivity index (χ4n) is 1.72. The summed E-state index contributed by atoms with van der Waals surface area (Å²) in [5.74, 6) is -0.566. The topological polar surface area (TPSA) is 99.3 Å². The van der Waals surface area contributed by atoms with Gasteiger partial charge in [0, 0.05) is 23.8 Å². The number of nitrogens with one attached hydrogen (secondary N) is 4. The van der Waals surface area contributed by atoms with Crippen molar-refractivity contribution >= 4 is 55.6 Å². The van der Waals surface area contributed by atoms with E-state index in [0.29, 0.717) is 18.8 Å². The van der Waals surface area contributed by atoms with E-state index in [9.17, 15) is 14.4 Å². The number of hydrogen-bond acceptors (Lipinski definition) is 7. The van der Waals surface area contributed by atoms with Crippen LogP contribution in [0, 0.1) is 0 Å². The summed E-state index contributed by atoms with van der Waals surface area (Å²) in [5.41, 5.74) is 0. The summed E-state index contributed by atoms with van der Waals surface area (Å²) in [5, 5.41) is 10.8. The number of amides is 3. The fraction of sp³-hybridized carbons (Fsp3) is 0.769. The van der Waals surface area contributed by atoms with Crippen LogP contribution in [0.5, 0.6) is 0 Å². The molecule has 3 atom stereocenters. The molecule has 0 aliphatic rings. The summed E-state index contributed by atoms with van der Waals surface area (Å²) in [6, 6.07) is -2.11. The molecule has 7 nitrogen and oxygen atoms in total. The number of likely N-dealkylation sites (N-methyl/N-ethyl adjacent to an activating group) is 2. The smallest absolute Gasteiger partial charge is 0.244 e. The van der Waals surface area contributed by atoms with E-state index < -0.39 is 24.0 Å². The third-order valence-electron chi connectivity index (χ3n) is 2.93. The average Bonchev–Trinajstić information content (AvgIpc) is 2.54. The van der Waals surface area contributed by atoms with Gasteiger partial charge in [0.15, 0.2) is 0 Å². The largest absolute Gasteiger partial charge is 0.355 e. The zero-order valence-corrected chi connectivity index (χ0v) is 16.0. The molecule has 0 aliphatic carbocycles. The molecule has 134 valence electrons. The van der Waals surface area contributed by atoms with Gasteiger partial charge in [-0.25, -0.2) is 0 Å². The Morgan fingerprint density at radius 1 is 0.739 bits per heavy atom. The first-order valence-corrected chi connectivity index (χ1v) is 9.29. The van der Waals surface area contributed by atoms with Crippen molar-refractivity contribution in [3.05, 3.63) is 0 Å². The highest BCUT2D eigenvalue weighted by molar-refractivity contribution is 7.80. The summed E-state index contributed by atoms with van der Waals surface area (Å²) >= 11 is 12.3. The lowest BCUT2D eigenvalue weighted by Crippen LogP contribution is -2.57. The van der Waals surface area contributed by atoms with Gasteiger partial charge in [-0.1, -0.05) is 6.92 Å². The Kier molecular flexibility index (Phi) is 12.5. The molecule has 4 N–H and O–H groups in total. The van der Waals surface area contributed by atoms with Gasteiger partial charge in [-0.3, -0.25) is 14.4 Å². The molecule has 10 heteroatoms. The summed E-state index contributed by atoms with van der Waals surface area (Å²) in [6.45, 7) is 4.72. The standard InChI is InChI=1S/C13H26N4O3S3/c1-3-14-8(5-21)12(19)17-10(7-23)13(20)16-9(6-22)11(18)15-4-2/h8-10,14,21-23H,3-7H2,1-2H3,(H,15,18)(H,16,20)(H,17,19)/t8-,9-,10-/m1/s1. The van der Waals surface area contributed by atoms with Gasteiger partial charge in [0.25, 0.3) is 0 Å². The van der Waals surface area contributed by atoms with Gasteiger partial charge >= 0.3 is 0 Å². The minimum absolute atomic E-state index is 0.109. The molecule has 0 aromatic carbocycles. The third-order valence-corrected chi connectivity index (χ3v) is 4.03. The van der Waals surface area contributed by atoms with E-state index in [1.165, 1.54) is 0 Å². The highest BCUT2D eigenvalue weighted by Gasteiger charge is 2.26. The van der Waals surface area contributed by atoms with Crippen LogP contribution < -0.4 is 21.3 Å². The maximum absolute atomic E-state index is 12.2. The van der Waals surface area contributed by atoms with Gasteiger partial charge in [-0.15, -0.1) is 0 Å². The van der Waals surface area contributed by atoms with Crippen molar-refractivity contribution in [3.8, 4) is 0 Å². The number of carbonyl (C=O) groups is 3. The minimum atomic E-state index is -0.844. The lowest BCUT2D eigenvalue weighted by molar-refractivity contribution is -0.131. The molecular formula is C13H26N4O3S3. The van der Waals surface area contributed by atoms with Crippen LogP contribution in [0.2, 0.25) is 0 Å². The van der Waals surface area contributed by atoms with Crippen molar-refractivity contribution in [3.63, 3.8) is 0 Å². The molecule has 0 rings (SSSR count).